The van der Waals surface area contributed by atoms with Gasteiger partial charge in [-0.05, 0) is 74.4 Å². The second-order valence-corrected chi connectivity index (χ2v) is 9.22. The molecule has 1 aliphatic heterocycles. The van der Waals surface area contributed by atoms with Gasteiger partial charge in [-0.15, -0.1) is 0 Å². The zero-order chi connectivity index (χ0) is 24.6. The van der Waals surface area contributed by atoms with Crippen molar-refractivity contribution in [3.63, 3.8) is 0 Å². The topological polar surface area (TPSA) is 69.8 Å². The number of nitrogens with zero attached hydrogens (tertiary/aromatic N) is 2. The first-order valence-electron chi connectivity index (χ1n) is 12.2. The van der Waals surface area contributed by atoms with E-state index in [4.69, 9.17) is 21.7 Å². The van der Waals surface area contributed by atoms with Crippen LogP contribution in [0.15, 0.2) is 53.3 Å². The van der Waals surface area contributed by atoms with Gasteiger partial charge in [-0.2, -0.15) is 0 Å². The summed E-state index contributed by atoms with van der Waals surface area (Å²) < 4.78 is 11.1. The summed E-state index contributed by atoms with van der Waals surface area (Å²) in [7, 11) is 0. The average molecular weight is 495 g/mol. The number of benzene rings is 2. The second-order valence-electron chi connectivity index (χ2n) is 8.83. The summed E-state index contributed by atoms with van der Waals surface area (Å²) in [5, 5.41) is 4.92. The highest BCUT2D eigenvalue weighted by Crippen LogP contribution is 2.20. The molecule has 0 saturated carbocycles. The molecule has 2 N–H and O–H groups in total. The van der Waals surface area contributed by atoms with Crippen LogP contribution in [0, 0.1) is 6.92 Å². The van der Waals surface area contributed by atoms with Crippen LogP contribution in [0.2, 0.25) is 0 Å². The molecule has 1 fully saturated rings. The Bertz CT molecular complexity index is 1210. The molecule has 0 unspecified atom stereocenters. The molecule has 1 saturated heterocycles. The lowest BCUT2D eigenvalue weighted by Gasteiger charge is -2.29. The quantitative estimate of drug-likeness (QED) is 0.433. The predicted molar refractivity (Wildman–Crippen MR) is 145 cm³/mol. The summed E-state index contributed by atoms with van der Waals surface area (Å²) in [6, 6.07) is 15.8. The Kier molecular flexibility index (Phi) is 8.74. The Morgan fingerprint density at radius 2 is 2.03 bits per heavy atom. The maximum Gasteiger partial charge on any atom is 0.253 e. The lowest BCUT2D eigenvalue weighted by molar-refractivity contribution is 0.0367. The smallest absolute Gasteiger partial charge is 0.253 e. The van der Waals surface area contributed by atoms with Gasteiger partial charge in [-0.25, -0.2) is 0 Å². The molecule has 0 bridgehead atoms. The van der Waals surface area contributed by atoms with Crippen molar-refractivity contribution in [2.75, 3.05) is 51.3 Å². The van der Waals surface area contributed by atoms with E-state index in [2.05, 4.69) is 39.2 Å². The predicted octanol–water partition coefficient (Wildman–Crippen LogP) is 4.16. The highest BCUT2D eigenvalue weighted by atomic mass is 32.1. The molecule has 4 rings (SSSR count). The van der Waals surface area contributed by atoms with Crippen LogP contribution in [0.1, 0.15) is 24.5 Å². The maximum absolute atomic E-state index is 12.9. The molecule has 8 heteroatoms. The molecule has 3 aromatic rings. The second kappa shape index (κ2) is 12.2. The van der Waals surface area contributed by atoms with E-state index in [1.54, 1.807) is 0 Å². The Balaban J connectivity index is 1.53. The molecule has 7 nitrogen and oxygen atoms in total. The fourth-order valence-electron chi connectivity index (χ4n) is 4.30. The van der Waals surface area contributed by atoms with Crippen molar-refractivity contribution >= 4 is 33.9 Å². The van der Waals surface area contributed by atoms with Crippen molar-refractivity contribution < 1.29 is 9.47 Å². The van der Waals surface area contributed by atoms with E-state index in [-0.39, 0.29) is 5.56 Å². The highest BCUT2D eigenvalue weighted by Gasteiger charge is 2.16. The van der Waals surface area contributed by atoms with Crippen LogP contribution in [-0.2, 0) is 11.3 Å². The molecular formula is C27H34N4O3S. The van der Waals surface area contributed by atoms with Crippen molar-refractivity contribution in [1.82, 2.24) is 14.8 Å². The van der Waals surface area contributed by atoms with Crippen LogP contribution in [0.5, 0.6) is 5.75 Å². The van der Waals surface area contributed by atoms with Gasteiger partial charge in [0, 0.05) is 48.3 Å². The number of aromatic amines is 1. The largest absolute Gasteiger partial charge is 0.494 e. The van der Waals surface area contributed by atoms with Gasteiger partial charge in [0.15, 0.2) is 5.11 Å². The molecule has 0 atom stereocenters. The Morgan fingerprint density at radius 3 is 2.80 bits per heavy atom. The van der Waals surface area contributed by atoms with E-state index in [1.165, 1.54) is 0 Å². The zero-order valence-electron chi connectivity index (χ0n) is 20.5. The van der Waals surface area contributed by atoms with Crippen LogP contribution < -0.4 is 15.6 Å². The first-order valence-corrected chi connectivity index (χ1v) is 12.6. The number of nitrogens with one attached hydrogen (secondary N) is 2. The third-order valence-electron chi connectivity index (χ3n) is 6.13. The fourth-order valence-corrected chi connectivity index (χ4v) is 4.57. The van der Waals surface area contributed by atoms with Crippen LogP contribution >= 0.6 is 12.2 Å². The number of morpholine rings is 1. The van der Waals surface area contributed by atoms with Gasteiger partial charge in [-0.1, -0.05) is 12.1 Å². The molecule has 2 aromatic carbocycles. The number of fused-ring (bicyclic) bond motifs is 1. The summed E-state index contributed by atoms with van der Waals surface area (Å²) in [4.78, 5) is 20.4. The van der Waals surface area contributed by atoms with Gasteiger partial charge in [-0.3, -0.25) is 9.69 Å². The van der Waals surface area contributed by atoms with Crippen LogP contribution in [0.25, 0.3) is 10.9 Å². The number of hydrogen-bond donors (Lipinski definition) is 2. The average Bonchev–Trinajstić information content (AvgIpc) is 2.85. The third-order valence-corrected chi connectivity index (χ3v) is 6.49. The molecule has 186 valence electrons. The van der Waals surface area contributed by atoms with Gasteiger partial charge in [0.05, 0.1) is 26.4 Å². The minimum absolute atomic E-state index is 0.0989. The highest BCUT2D eigenvalue weighted by molar-refractivity contribution is 7.80. The van der Waals surface area contributed by atoms with Crippen molar-refractivity contribution in [1.29, 1.82) is 0 Å². The Morgan fingerprint density at radius 1 is 1.20 bits per heavy atom. The summed E-state index contributed by atoms with van der Waals surface area (Å²) in [6.07, 6.45) is 0.940. The van der Waals surface area contributed by atoms with E-state index in [0.29, 0.717) is 23.8 Å². The number of thiocarbonyl (C=S) groups is 1. The van der Waals surface area contributed by atoms with Gasteiger partial charge >= 0.3 is 0 Å². The number of pyridine rings is 1. The molecule has 0 spiro atoms. The minimum Gasteiger partial charge on any atom is -0.494 e. The van der Waals surface area contributed by atoms with Crippen molar-refractivity contribution in [2.24, 2.45) is 0 Å². The summed E-state index contributed by atoms with van der Waals surface area (Å²) in [6.45, 7) is 10.2. The van der Waals surface area contributed by atoms with Crippen LogP contribution in [0.4, 0.5) is 5.69 Å². The van der Waals surface area contributed by atoms with Crippen LogP contribution in [-0.4, -0.2) is 65.9 Å². The van der Waals surface area contributed by atoms with E-state index < -0.39 is 0 Å². The van der Waals surface area contributed by atoms with Gasteiger partial charge in [0.1, 0.15) is 5.75 Å². The van der Waals surface area contributed by atoms with Gasteiger partial charge in [0.2, 0.25) is 0 Å². The lowest BCUT2D eigenvalue weighted by Crippen LogP contribution is -2.40. The van der Waals surface area contributed by atoms with Crippen LogP contribution in [0.3, 0.4) is 0 Å². The molecule has 1 aliphatic rings. The minimum atomic E-state index is -0.0989. The normalized spacial score (nSPS) is 14.1. The molecule has 2 heterocycles. The summed E-state index contributed by atoms with van der Waals surface area (Å²) in [5.41, 5.74) is 3.47. The fraction of sp³-hybridized carbons (Fsp3) is 0.407. The molecule has 1 aromatic heterocycles. The first-order chi connectivity index (χ1) is 17.0. The number of rotatable bonds is 9. The SMILES string of the molecule is CCOc1ccc2[nH]c(=O)c(CN(CCCN3CCOCC3)C(=S)Nc3cccc(C)c3)cc2c1. The molecule has 0 aliphatic carbocycles. The van der Waals surface area contributed by atoms with Crippen molar-refractivity contribution in [3.8, 4) is 5.75 Å². The van der Waals surface area contributed by atoms with Crippen molar-refractivity contribution in [2.45, 2.75) is 26.8 Å². The number of hydrogen-bond acceptors (Lipinski definition) is 5. The van der Waals surface area contributed by atoms with E-state index in [0.717, 1.165) is 73.7 Å². The zero-order valence-corrected chi connectivity index (χ0v) is 21.3. The number of H-pyrrole nitrogens is 1. The molecule has 0 amide bonds. The molecule has 0 radical (unpaired) electrons. The molecule has 35 heavy (non-hydrogen) atoms. The van der Waals surface area contributed by atoms with Crippen molar-refractivity contribution in [3.05, 3.63) is 70.0 Å². The maximum atomic E-state index is 12.9. The first kappa shape index (κ1) is 25.2. The third kappa shape index (κ3) is 7.04. The number of aromatic nitrogens is 1. The standard InChI is InChI=1S/C27H34N4O3S/c1-3-34-24-8-9-25-21(18-24)17-22(26(32)29-25)19-31(11-5-10-30-12-14-33-15-13-30)27(35)28-23-7-4-6-20(2)16-23/h4,6-9,16-18H,3,5,10-15,19H2,1-2H3,(H,28,35)(H,29,32). The van der Waals surface area contributed by atoms with Gasteiger partial charge in [0.25, 0.3) is 5.56 Å². The van der Waals surface area contributed by atoms with E-state index in [1.807, 2.05) is 43.3 Å². The number of anilines is 1. The number of ether oxygens (including phenoxy) is 2. The lowest BCUT2D eigenvalue weighted by atomic mass is 10.1. The van der Waals surface area contributed by atoms with Gasteiger partial charge < -0.3 is 24.7 Å². The molecular weight excluding hydrogens is 460 g/mol. The Labute approximate surface area is 212 Å². The number of aryl methyl sites for hydroxylation is 1. The summed E-state index contributed by atoms with van der Waals surface area (Å²) in [5.74, 6) is 0.789. The van der Waals surface area contributed by atoms with E-state index >= 15 is 0 Å². The van der Waals surface area contributed by atoms with E-state index in [9.17, 15) is 4.79 Å². The summed E-state index contributed by atoms with van der Waals surface area (Å²) >= 11 is 5.81. The monoisotopic (exact) mass is 494 g/mol. The Hall–Kier alpha value is -2.94.